The molecular weight excluding hydrogens is 508 g/mol. The van der Waals surface area contributed by atoms with E-state index in [1.165, 1.54) is 89.5 Å². The SMILES string of the molecule is Cc1cc2c(cc1C)C13c4cc(C)c(C)cc4-c4cccc([n+]41)C1(c4ccccc4-c4ccccc41)c1cccc-2[n+]13. The zero-order valence-electron chi connectivity index (χ0n) is 24.3. The van der Waals surface area contributed by atoms with E-state index in [4.69, 9.17) is 0 Å². The highest BCUT2D eigenvalue weighted by Gasteiger charge is 2.75. The molecule has 42 heavy (non-hydrogen) atoms. The second-order valence-electron chi connectivity index (χ2n) is 12.7. The first-order valence-electron chi connectivity index (χ1n) is 15.0. The maximum Gasteiger partial charge on any atom is 0.418 e. The Kier molecular flexibility index (Phi) is 3.88. The number of pyridine rings is 2. The van der Waals surface area contributed by atoms with Gasteiger partial charge < -0.3 is 0 Å². The van der Waals surface area contributed by atoms with Gasteiger partial charge in [-0.1, -0.05) is 48.5 Å². The van der Waals surface area contributed by atoms with Crippen LogP contribution >= 0.6 is 0 Å². The molecule has 5 heterocycles. The van der Waals surface area contributed by atoms with Crippen molar-refractivity contribution in [3.05, 3.63) is 165 Å². The Morgan fingerprint density at radius 2 is 0.833 bits per heavy atom. The fraction of sp³-hybridized carbons (Fsp3) is 0.150. The molecule has 0 radical (unpaired) electrons. The zero-order chi connectivity index (χ0) is 28.1. The summed E-state index contributed by atoms with van der Waals surface area (Å²) >= 11 is 0. The van der Waals surface area contributed by atoms with E-state index in [1.807, 2.05) is 0 Å². The van der Waals surface area contributed by atoms with Crippen LogP contribution in [0.15, 0.2) is 109 Å². The van der Waals surface area contributed by atoms with E-state index in [2.05, 4.69) is 146 Å². The first-order chi connectivity index (χ1) is 20.5. The number of fused-ring (bicyclic) bond motifs is 11. The van der Waals surface area contributed by atoms with Crippen molar-refractivity contribution in [1.82, 2.24) is 0 Å². The van der Waals surface area contributed by atoms with Gasteiger partial charge in [-0.25, -0.2) is 0 Å². The summed E-state index contributed by atoms with van der Waals surface area (Å²) in [6.45, 7) is 9.04. The Morgan fingerprint density at radius 1 is 0.405 bits per heavy atom. The number of aryl methyl sites for hydroxylation is 4. The predicted octanol–water partition coefficient (Wildman–Crippen LogP) is 7.43. The van der Waals surface area contributed by atoms with Gasteiger partial charge in [0.1, 0.15) is 11.1 Å². The molecule has 10 rings (SSSR count). The highest BCUT2D eigenvalue weighted by molar-refractivity contribution is 5.86. The molecule has 2 nitrogen and oxygen atoms in total. The minimum atomic E-state index is -0.489. The Hall–Kier alpha value is -4.82. The van der Waals surface area contributed by atoms with Gasteiger partial charge in [0.25, 0.3) is 0 Å². The Morgan fingerprint density at radius 3 is 1.31 bits per heavy atom. The lowest BCUT2D eigenvalue weighted by Crippen LogP contribution is -2.79. The average molecular weight is 539 g/mol. The molecule has 0 saturated heterocycles. The highest BCUT2D eigenvalue weighted by Crippen LogP contribution is 2.60. The van der Waals surface area contributed by atoms with Crippen molar-refractivity contribution < 1.29 is 9.13 Å². The number of benzene rings is 4. The third-order valence-corrected chi connectivity index (χ3v) is 10.9. The van der Waals surface area contributed by atoms with Gasteiger partial charge >= 0.3 is 5.66 Å². The molecule has 2 heteroatoms. The summed E-state index contributed by atoms with van der Waals surface area (Å²) in [5.74, 6) is 0. The summed E-state index contributed by atoms with van der Waals surface area (Å²) in [7, 11) is 0. The van der Waals surface area contributed by atoms with Crippen LogP contribution in [0.2, 0.25) is 0 Å². The highest BCUT2D eigenvalue weighted by atomic mass is 15.3. The summed E-state index contributed by atoms with van der Waals surface area (Å²) in [6, 6.07) is 42.1. The molecular formula is C40H30N2+2. The summed E-state index contributed by atoms with van der Waals surface area (Å²) in [4.78, 5) is 0. The van der Waals surface area contributed by atoms with Gasteiger partial charge in [0.05, 0.1) is 11.1 Å². The lowest BCUT2D eigenvalue weighted by Gasteiger charge is -2.35. The molecule has 0 atom stereocenters. The van der Waals surface area contributed by atoms with Crippen molar-refractivity contribution in [1.29, 1.82) is 0 Å². The molecule has 0 saturated carbocycles. The molecule has 0 fully saturated rings. The van der Waals surface area contributed by atoms with E-state index in [9.17, 15) is 0 Å². The second-order valence-corrected chi connectivity index (χ2v) is 12.7. The molecule has 2 aromatic heterocycles. The first kappa shape index (κ1) is 22.8. The molecule has 2 spiro atoms. The van der Waals surface area contributed by atoms with Gasteiger partial charge in [-0.15, -0.1) is 9.13 Å². The molecule has 0 amide bonds. The number of rotatable bonds is 0. The first-order valence-corrected chi connectivity index (χ1v) is 15.0. The number of hydrogen-bond acceptors (Lipinski definition) is 0. The lowest BCUT2D eigenvalue weighted by molar-refractivity contribution is -0.971. The molecule has 4 aliphatic rings. The van der Waals surface area contributed by atoms with Crippen LogP contribution in [-0.4, -0.2) is 0 Å². The largest absolute Gasteiger partial charge is 0.418 e. The van der Waals surface area contributed by atoms with Crippen molar-refractivity contribution in [3.8, 4) is 33.6 Å². The van der Waals surface area contributed by atoms with E-state index < -0.39 is 11.1 Å². The summed E-state index contributed by atoms with van der Waals surface area (Å²) in [5.41, 5.74) is 20.6. The van der Waals surface area contributed by atoms with Crippen LogP contribution in [0.25, 0.3) is 33.6 Å². The molecule has 0 N–H and O–H groups in total. The fourth-order valence-corrected chi connectivity index (χ4v) is 9.00. The normalized spacial score (nSPS) is 16.0. The number of aromatic nitrogens is 2. The van der Waals surface area contributed by atoms with E-state index in [1.54, 1.807) is 0 Å². The Bertz CT molecular complexity index is 2090. The second kappa shape index (κ2) is 7.14. The Balaban J connectivity index is 1.51. The molecule has 0 bridgehead atoms. The van der Waals surface area contributed by atoms with E-state index in [0.717, 1.165) is 0 Å². The van der Waals surface area contributed by atoms with Crippen LogP contribution in [0.3, 0.4) is 0 Å². The Labute approximate surface area is 246 Å². The van der Waals surface area contributed by atoms with Crippen molar-refractivity contribution in [2.75, 3.05) is 0 Å². The minimum Gasteiger partial charge on any atom is -0.121 e. The zero-order valence-corrected chi connectivity index (χ0v) is 24.3. The van der Waals surface area contributed by atoms with Crippen molar-refractivity contribution in [2.24, 2.45) is 0 Å². The monoisotopic (exact) mass is 538 g/mol. The van der Waals surface area contributed by atoms with E-state index >= 15 is 0 Å². The summed E-state index contributed by atoms with van der Waals surface area (Å²) < 4.78 is 5.46. The fourth-order valence-electron chi connectivity index (χ4n) is 9.00. The molecule has 0 unspecified atom stereocenters. The molecule has 6 aromatic rings. The predicted molar refractivity (Wildman–Crippen MR) is 166 cm³/mol. The van der Waals surface area contributed by atoms with Crippen LogP contribution in [0.5, 0.6) is 0 Å². The maximum absolute atomic E-state index is 2.73. The van der Waals surface area contributed by atoms with Crippen LogP contribution in [0.4, 0.5) is 0 Å². The quantitative estimate of drug-likeness (QED) is 0.177. The smallest absolute Gasteiger partial charge is 0.121 e. The summed E-state index contributed by atoms with van der Waals surface area (Å²) in [6.07, 6.45) is 0. The number of nitrogens with zero attached hydrogens (tertiary/aromatic N) is 2. The van der Waals surface area contributed by atoms with Crippen molar-refractivity contribution in [2.45, 2.75) is 38.8 Å². The van der Waals surface area contributed by atoms with Gasteiger partial charge in [-0.2, -0.15) is 0 Å². The van der Waals surface area contributed by atoms with Gasteiger partial charge in [0, 0.05) is 24.3 Å². The van der Waals surface area contributed by atoms with Gasteiger partial charge in [-0.3, -0.25) is 0 Å². The van der Waals surface area contributed by atoms with Crippen molar-refractivity contribution in [3.63, 3.8) is 0 Å². The maximum atomic E-state index is 2.73. The molecule has 3 aliphatic heterocycles. The van der Waals surface area contributed by atoms with Gasteiger partial charge in [-0.05, 0) is 109 Å². The van der Waals surface area contributed by atoms with Crippen LogP contribution in [-0.2, 0) is 11.1 Å². The minimum absolute atomic E-state index is 0.443. The van der Waals surface area contributed by atoms with Crippen LogP contribution in [0, 0.1) is 27.7 Å². The molecule has 198 valence electrons. The number of hydrogen-bond donors (Lipinski definition) is 0. The lowest BCUT2D eigenvalue weighted by atomic mass is 9.69. The van der Waals surface area contributed by atoms with E-state index in [-0.39, 0.29) is 0 Å². The standard InChI is InChI=1S/C40H30N2/c1-23-19-29-33(21-25(23)3)40-34-22-26(4)24(2)20-30(34)36-16-10-18-38(42(36)40)39(37-17-9-15-35(29)41(37)40)31-13-7-5-11-27(31)28-12-6-8-14-32(28)39/h5-22H,1-4H3/q+2. The summed E-state index contributed by atoms with van der Waals surface area (Å²) in [5, 5.41) is 0. The topological polar surface area (TPSA) is 7.76 Å². The molecule has 1 aliphatic carbocycles. The van der Waals surface area contributed by atoms with Gasteiger partial charge in [0.15, 0.2) is 5.41 Å². The van der Waals surface area contributed by atoms with Crippen molar-refractivity contribution >= 4 is 0 Å². The third kappa shape index (κ3) is 2.18. The molecule has 4 aromatic carbocycles. The van der Waals surface area contributed by atoms with E-state index in [0.29, 0.717) is 0 Å². The van der Waals surface area contributed by atoms with Crippen LogP contribution < -0.4 is 9.13 Å². The average Bonchev–Trinajstić information content (AvgIpc) is 3.57. The van der Waals surface area contributed by atoms with Gasteiger partial charge in [0.2, 0.25) is 22.8 Å². The van der Waals surface area contributed by atoms with Crippen LogP contribution in [0.1, 0.15) is 55.9 Å². The third-order valence-electron chi connectivity index (χ3n) is 10.9.